The van der Waals surface area contributed by atoms with E-state index < -0.39 is 5.97 Å². The molecule has 1 aliphatic rings. The number of carbonyl (C=O) groups is 1. The Hall–Kier alpha value is -1.23. The maximum Gasteiger partial charge on any atom is 0.314 e. The number of carboxylic acid groups (broad SMARTS) is 1. The quantitative estimate of drug-likeness (QED) is 0.339. The molecule has 0 saturated heterocycles. The van der Waals surface area contributed by atoms with E-state index in [1.807, 2.05) is 6.08 Å². The van der Waals surface area contributed by atoms with E-state index in [0.29, 0.717) is 0 Å². The van der Waals surface area contributed by atoms with E-state index >= 15 is 0 Å². The van der Waals surface area contributed by atoms with Crippen LogP contribution >= 0.6 is 0 Å². The summed E-state index contributed by atoms with van der Waals surface area (Å²) >= 11 is 0. The van der Waals surface area contributed by atoms with Crippen molar-refractivity contribution in [2.45, 2.75) is 78.1 Å². The first-order valence-corrected chi connectivity index (χ1v) is 8.04. The number of hydrogen-bond acceptors (Lipinski definition) is 1. The van der Waals surface area contributed by atoms with Crippen molar-refractivity contribution >= 4 is 5.97 Å². The number of carboxylic acids is 1. The zero-order valence-corrected chi connectivity index (χ0v) is 13.2. The normalized spacial score (nSPS) is 15.7. The van der Waals surface area contributed by atoms with Gasteiger partial charge in [-0.2, -0.15) is 0 Å². The van der Waals surface area contributed by atoms with Crippen LogP contribution in [0.5, 0.6) is 0 Å². The molecule has 1 atom stereocenters. The average molecular weight is 278 g/mol. The zero-order chi connectivity index (χ0) is 15.2. The van der Waals surface area contributed by atoms with Gasteiger partial charge in [-0.15, -0.1) is 12.3 Å². The van der Waals surface area contributed by atoms with Gasteiger partial charge in [-0.05, 0) is 19.3 Å². The fourth-order valence-electron chi connectivity index (χ4n) is 2.02. The molecule has 0 aromatic carbocycles. The standard InChI is InChI=1S/C12H20O2.C6H10/c1-2-3-4-5-6-7-8-10-9-11(10)12(13)14;1-3-5-6-4-2/h9,11H,2-8H2,1H3,(H,13,14);1H,4-6H2,2H3. The molecule has 0 bridgehead atoms. The van der Waals surface area contributed by atoms with Crippen molar-refractivity contribution in [3.63, 3.8) is 0 Å². The van der Waals surface area contributed by atoms with E-state index in [-0.39, 0.29) is 5.92 Å². The highest BCUT2D eigenvalue weighted by Gasteiger charge is 2.30. The molecule has 1 N–H and O–H groups in total. The van der Waals surface area contributed by atoms with Crippen LogP contribution in [-0.4, -0.2) is 11.1 Å². The van der Waals surface area contributed by atoms with Gasteiger partial charge in [-0.25, -0.2) is 0 Å². The number of rotatable bonds is 10. The highest BCUT2D eigenvalue weighted by atomic mass is 16.4. The Bertz CT molecular complexity index is 323. The SMILES string of the molecule is C#CCCCC.CCCCCCCCC1=CC1C(=O)O. The van der Waals surface area contributed by atoms with Crippen LogP contribution in [0.4, 0.5) is 0 Å². The zero-order valence-electron chi connectivity index (χ0n) is 13.2. The van der Waals surface area contributed by atoms with Gasteiger partial charge in [0.2, 0.25) is 0 Å². The number of hydrogen-bond donors (Lipinski definition) is 1. The number of unbranched alkanes of at least 4 members (excludes halogenated alkanes) is 7. The minimum Gasteiger partial charge on any atom is -0.481 e. The van der Waals surface area contributed by atoms with Crippen LogP contribution in [0.25, 0.3) is 0 Å². The molecule has 2 heteroatoms. The van der Waals surface area contributed by atoms with Crippen LogP contribution < -0.4 is 0 Å². The monoisotopic (exact) mass is 278 g/mol. The lowest BCUT2D eigenvalue weighted by molar-refractivity contribution is -0.137. The number of aliphatic carboxylic acids is 1. The third-order valence-corrected chi connectivity index (χ3v) is 3.43. The van der Waals surface area contributed by atoms with E-state index in [2.05, 4.69) is 19.8 Å². The van der Waals surface area contributed by atoms with Gasteiger partial charge in [0.05, 0.1) is 5.92 Å². The van der Waals surface area contributed by atoms with E-state index in [1.165, 1.54) is 51.4 Å². The summed E-state index contributed by atoms with van der Waals surface area (Å²) in [5.41, 5.74) is 1.15. The summed E-state index contributed by atoms with van der Waals surface area (Å²) in [5.74, 6) is 1.69. The van der Waals surface area contributed by atoms with Crippen LogP contribution in [0.3, 0.4) is 0 Å². The molecule has 2 nitrogen and oxygen atoms in total. The van der Waals surface area contributed by atoms with Crippen molar-refractivity contribution in [1.82, 2.24) is 0 Å². The minimum atomic E-state index is -0.675. The Labute approximate surface area is 124 Å². The van der Waals surface area contributed by atoms with E-state index in [4.69, 9.17) is 11.5 Å². The Balaban J connectivity index is 0.000000511. The summed E-state index contributed by atoms with van der Waals surface area (Å²) in [7, 11) is 0. The first kappa shape index (κ1) is 18.8. The van der Waals surface area contributed by atoms with Crippen molar-refractivity contribution in [1.29, 1.82) is 0 Å². The summed E-state index contributed by atoms with van der Waals surface area (Å²) in [6, 6.07) is 0. The second-order valence-electron chi connectivity index (χ2n) is 5.38. The van der Waals surface area contributed by atoms with Gasteiger partial charge in [0, 0.05) is 6.42 Å². The fourth-order valence-corrected chi connectivity index (χ4v) is 2.02. The molecule has 1 unspecified atom stereocenters. The van der Waals surface area contributed by atoms with Crippen molar-refractivity contribution in [2.75, 3.05) is 0 Å². The maximum absolute atomic E-state index is 10.5. The van der Waals surface area contributed by atoms with Crippen molar-refractivity contribution in [3.8, 4) is 12.3 Å². The highest BCUT2D eigenvalue weighted by molar-refractivity contribution is 5.81. The van der Waals surface area contributed by atoms with Crippen LogP contribution in [0.2, 0.25) is 0 Å². The van der Waals surface area contributed by atoms with Crippen molar-refractivity contribution < 1.29 is 9.90 Å². The largest absolute Gasteiger partial charge is 0.481 e. The van der Waals surface area contributed by atoms with Gasteiger partial charge in [0.25, 0.3) is 0 Å². The second-order valence-corrected chi connectivity index (χ2v) is 5.38. The lowest BCUT2D eigenvalue weighted by Crippen LogP contribution is -1.99. The molecule has 0 saturated carbocycles. The molecule has 0 amide bonds. The summed E-state index contributed by atoms with van der Waals surface area (Å²) in [6.07, 6.45) is 18.8. The van der Waals surface area contributed by atoms with Crippen molar-refractivity contribution in [2.24, 2.45) is 5.92 Å². The fraction of sp³-hybridized carbons (Fsp3) is 0.722. The van der Waals surface area contributed by atoms with Crippen LogP contribution in [0.1, 0.15) is 78.1 Å². The van der Waals surface area contributed by atoms with Gasteiger partial charge >= 0.3 is 5.97 Å². The lowest BCUT2D eigenvalue weighted by atomic mass is 10.1. The lowest BCUT2D eigenvalue weighted by Gasteiger charge is -1.98. The van der Waals surface area contributed by atoms with Crippen LogP contribution in [-0.2, 0) is 4.79 Å². The molecule has 0 fully saturated rings. The molecule has 0 aliphatic heterocycles. The average Bonchev–Trinajstić information content (AvgIpc) is 3.21. The first-order valence-electron chi connectivity index (χ1n) is 8.04. The predicted molar refractivity (Wildman–Crippen MR) is 85.6 cm³/mol. The molecule has 20 heavy (non-hydrogen) atoms. The Morgan fingerprint density at radius 2 is 1.75 bits per heavy atom. The van der Waals surface area contributed by atoms with Gasteiger partial charge in [-0.3, -0.25) is 4.79 Å². The summed E-state index contributed by atoms with van der Waals surface area (Å²) in [6.45, 7) is 4.35. The molecule has 1 aliphatic carbocycles. The van der Waals surface area contributed by atoms with Crippen LogP contribution in [0.15, 0.2) is 11.6 Å². The Morgan fingerprint density at radius 1 is 1.15 bits per heavy atom. The smallest absolute Gasteiger partial charge is 0.314 e. The number of terminal acetylenes is 1. The molecular weight excluding hydrogens is 248 g/mol. The topological polar surface area (TPSA) is 37.3 Å². The maximum atomic E-state index is 10.5. The van der Waals surface area contributed by atoms with E-state index in [0.717, 1.165) is 18.4 Å². The summed E-state index contributed by atoms with van der Waals surface area (Å²) < 4.78 is 0. The molecule has 0 heterocycles. The third-order valence-electron chi connectivity index (χ3n) is 3.43. The molecule has 1 rings (SSSR count). The minimum absolute atomic E-state index is 0.203. The highest BCUT2D eigenvalue weighted by Crippen LogP contribution is 2.33. The second kappa shape index (κ2) is 12.8. The third kappa shape index (κ3) is 10.7. The summed E-state index contributed by atoms with van der Waals surface area (Å²) in [4.78, 5) is 10.5. The Morgan fingerprint density at radius 3 is 2.20 bits per heavy atom. The molecule has 114 valence electrons. The Kier molecular flexibility index (Phi) is 12.0. The van der Waals surface area contributed by atoms with Crippen molar-refractivity contribution in [3.05, 3.63) is 11.6 Å². The molecule has 0 aromatic heterocycles. The molecule has 0 aromatic rings. The molecule has 0 radical (unpaired) electrons. The predicted octanol–water partition coefficient (Wildman–Crippen LogP) is 5.19. The van der Waals surface area contributed by atoms with Gasteiger partial charge in [-0.1, -0.05) is 64.0 Å². The van der Waals surface area contributed by atoms with Gasteiger partial charge in [0.15, 0.2) is 0 Å². The molecule has 0 spiro atoms. The van der Waals surface area contributed by atoms with Crippen LogP contribution in [0, 0.1) is 18.3 Å². The van der Waals surface area contributed by atoms with E-state index in [9.17, 15) is 4.79 Å². The van der Waals surface area contributed by atoms with Gasteiger partial charge < -0.3 is 5.11 Å². The first-order chi connectivity index (χ1) is 9.67. The molecular formula is C18H30O2. The van der Waals surface area contributed by atoms with E-state index in [1.54, 1.807) is 0 Å². The summed E-state index contributed by atoms with van der Waals surface area (Å²) in [5, 5.41) is 8.64. The van der Waals surface area contributed by atoms with Gasteiger partial charge in [0.1, 0.15) is 0 Å².